The Morgan fingerprint density at radius 1 is 0.596 bits per heavy atom. The van der Waals surface area contributed by atoms with Gasteiger partial charge in [0.05, 0.1) is 5.56 Å². The molecule has 1 aliphatic heterocycles. The Bertz CT molecular complexity index is 2600. The van der Waals surface area contributed by atoms with Gasteiger partial charge in [-0.3, -0.25) is 4.99 Å². The SMILES string of the molecule is CC1(C)c2ccccc2-c2cc3c(cc21)-c1c(-c2ccc(C4=NC(c5ccccc5)c5c(oc6ccccc56)N4)cc2)cccc1C31CCCCC1. The second-order valence-corrected chi connectivity index (χ2v) is 15.8. The van der Waals surface area contributed by atoms with Gasteiger partial charge in [-0.25, -0.2) is 0 Å². The van der Waals surface area contributed by atoms with E-state index in [1.807, 2.05) is 12.1 Å². The lowest BCUT2D eigenvalue weighted by molar-refractivity contribution is 0.353. The number of anilines is 1. The molecule has 3 aliphatic carbocycles. The zero-order valence-electron chi connectivity index (χ0n) is 29.7. The number of aliphatic imine (C=N–C) groups is 1. The zero-order chi connectivity index (χ0) is 34.6. The number of fused-ring (bicyclic) bond motifs is 11. The molecule has 1 fully saturated rings. The molecule has 3 heteroatoms. The van der Waals surface area contributed by atoms with E-state index in [0.29, 0.717) is 0 Å². The van der Waals surface area contributed by atoms with Gasteiger partial charge in [0.15, 0.2) is 0 Å². The van der Waals surface area contributed by atoms with Gasteiger partial charge in [-0.15, -0.1) is 0 Å². The van der Waals surface area contributed by atoms with Crippen molar-refractivity contribution in [1.82, 2.24) is 0 Å². The summed E-state index contributed by atoms with van der Waals surface area (Å²) in [6.45, 7) is 4.80. The Labute approximate surface area is 305 Å². The molecule has 4 aliphatic rings. The molecule has 3 nitrogen and oxygen atoms in total. The van der Waals surface area contributed by atoms with Crippen molar-refractivity contribution in [2.45, 2.75) is 62.8 Å². The minimum absolute atomic E-state index is 0.0366. The van der Waals surface area contributed by atoms with Crippen LogP contribution >= 0.6 is 0 Å². The van der Waals surface area contributed by atoms with Crippen molar-refractivity contribution in [2.75, 3.05) is 5.32 Å². The molecule has 2 heterocycles. The zero-order valence-corrected chi connectivity index (χ0v) is 29.7. The van der Waals surface area contributed by atoms with Gasteiger partial charge in [-0.2, -0.15) is 0 Å². The van der Waals surface area contributed by atoms with E-state index < -0.39 is 0 Å². The van der Waals surface area contributed by atoms with Crippen molar-refractivity contribution in [3.63, 3.8) is 0 Å². The molecule has 0 amide bonds. The third-order valence-corrected chi connectivity index (χ3v) is 12.8. The maximum atomic E-state index is 6.40. The summed E-state index contributed by atoms with van der Waals surface area (Å²) in [5, 5.41) is 4.68. The average Bonchev–Trinajstić information content (AvgIpc) is 3.78. The summed E-state index contributed by atoms with van der Waals surface area (Å²) in [6.07, 6.45) is 6.33. The van der Waals surface area contributed by atoms with Gasteiger partial charge in [0.25, 0.3) is 0 Å². The standard InChI is InChI=1S/C49H40N2O/c1-48(2)38-19-9-7-16-34(38)36-28-41-37(29-40(36)48)43-33(18-13-20-39(43)49(41)26-11-4-12-27-49)30-22-24-32(25-23-30)46-50-45(31-14-5-3-6-15-31)44-35-17-8-10-21-42(35)52-47(44)51-46/h3,5-10,13-25,28-29,45H,4,11-12,26-27H2,1-2H3,(H,50,51). The third kappa shape index (κ3) is 4.11. The number of nitrogens with one attached hydrogen (secondary N) is 1. The highest BCUT2D eigenvalue weighted by Gasteiger charge is 2.47. The first-order valence-electron chi connectivity index (χ1n) is 19.0. The molecule has 0 bridgehead atoms. The van der Waals surface area contributed by atoms with Crippen LogP contribution in [0.15, 0.2) is 143 Å². The normalized spacial score (nSPS) is 18.6. The monoisotopic (exact) mass is 672 g/mol. The lowest BCUT2D eigenvalue weighted by atomic mass is 9.67. The molecule has 0 radical (unpaired) electrons. The molecule has 1 atom stereocenters. The molecule has 52 heavy (non-hydrogen) atoms. The summed E-state index contributed by atoms with van der Waals surface area (Å²) >= 11 is 0. The second-order valence-electron chi connectivity index (χ2n) is 15.8. The molecule has 7 aromatic rings. The maximum Gasteiger partial charge on any atom is 0.205 e. The van der Waals surface area contributed by atoms with Crippen LogP contribution in [0.3, 0.4) is 0 Å². The maximum absolute atomic E-state index is 6.40. The van der Waals surface area contributed by atoms with E-state index in [1.165, 1.54) is 82.2 Å². The summed E-state index contributed by atoms with van der Waals surface area (Å²) in [5.74, 6) is 1.60. The predicted molar refractivity (Wildman–Crippen MR) is 213 cm³/mol. The molecular weight excluding hydrogens is 633 g/mol. The van der Waals surface area contributed by atoms with Crippen LogP contribution in [-0.4, -0.2) is 5.84 Å². The summed E-state index contributed by atoms with van der Waals surface area (Å²) in [5.41, 5.74) is 18.5. The van der Waals surface area contributed by atoms with Crippen LogP contribution in [0.4, 0.5) is 5.88 Å². The van der Waals surface area contributed by atoms with E-state index in [-0.39, 0.29) is 16.9 Å². The number of hydrogen-bond donors (Lipinski definition) is 1. The highest BCUT2D eigenvalue weighted by Crippen LogP contribution is 2.61. The van der Waals surface area contributed by atoms with Gasteiger partial charge in [0.2, 0.25) is 5.88 Å². The Morgan fingerprint density at radius 3 is 2.13 bits per heavy atom. The first-order chi connectivity index (χ1) is 25.5. The fourth-order valence-electron chi connectivity index (χ4n) is 10.3. The molecule has 1 N–H and O–H groups in total. The fraction of sp³-hybridized carbons (Fsp3) is 0.204. The number of nitrogens with zero attached hydrogens (tertiary/aromatic N) is 1. The Kier molecular flexibility index (Phi) is 6.30. The molecule has 1 unspecified atom stereocenters. The quantitative estimate of drug-likeness (QED) is 0.203. The van der Waals surface area contributed by atoms with Crippen LogP contribution < -0.4 is 5.32 Å². The van der Waals surface area contributed by atoms with Crippen LogP contribution in [0.25, 0.3) is 44.3 Å². The molecule has 0 saturated heterocycles. The summed E-state index contributed by atoms with van der Waals surface area (Å²) in [7, 11) is 0. The van der Waals surface area contributed by atoms with Crippen molar-refractivity contribution in [2.24, 2.45) is 4.99 Å². The highest BCUT2D eigenvalue weighted by atomic mass is 16.4. The number of amidine groups is 1. The summed E-state index contributed by atoms with van der Waals surface area (Å²) < 4.78 is 6.40. The van der Waals surface area contributed by atoms with E-state index in [0.717, 1.165) is 39.4 Å². The summed E-state index contributed by atoms with van der Waals surface area (Å²) in [4.78, 5) is 5.34. The largest absolute Gasteiger partial charge is 0.440 e. The number of rotatable bonds is 3. The van der Waals surface area contributed by atoms with E-state index in [9.17, 15) is 0 Å². The van der Waals surface area contributed by atoms with Crippen molar-refractivity contribution in [3.8, 4) is 33.4 Å². The Morgan fingerprint density at radius 2 is 1.29 bits per heavy atom. The molecule has 11 rings (SSSR count). The van der Waals surface area contributed by atoms with Crippen LogP contribution in [-0.2, 0) is 10.8 Å². The minimum Gasteiger partial charge on any atom is -0.440 e. The van der Waals surface area contributed by atoms with E-state index >= 15 is 0 Å². The van der Waals surface area contributed by atoms with Gasteiger partial charge in [0.1, 0.15) is 17.5 Å². The van der Waals surface area contributed by atoms with Gasteiger partial charge in [-0.1, -0.05) is 148 Å². The second kappa shape index (κ2) is 10.9. The fourth-order valence-corrected chi connectivity index (χ4v) is 10.3. The molecule has 1 aromatic heterocycles. The molecule has 1 saturated carbocycles. The van der Waals surface area contributed by atoms with E-state index in [4.69, 9.17) is 9.41 Å². The van der Waals surface area contributed by atoms with Gasteiger partial charge < -0.3 is 9.73 Å². The minimum atomic E-state index is -0.159. The first-order valence-corrected chi connectivity index (χ1v) is 19.0. The van der Waals surface area contributed by atoms with Crippen LogP contribution in [0, 0.1) is 0 Å². The van der Waals surface area contributed by atoms with Crippen molar-refractivity contribution in [3.05, 3.63) is 172 Å². The third-order valence-electron chi connectivity index (χ3n) is 12.8. The van der Waals surface area contributed by atoms with Crippen LogP contribution in [0.5, 0.6) is 0 Å². The summed E-state index contributed by atoms with van der Waals surface area (Å²) in [6, 6.07) is 49.1. The number of benzene rings is 6. The van der Waals surface area contributed by atoms with Crippen LogP contribution in [0.2, 0.25) is 0 Å². The lowest BCUT2D eigenvalue weighted by Gasteiger charge is -2.36. The van der Waals surface area contributed by atoms with Gasteiger partial charge >= 0.3 is 0 Å². The smallest absolute Gasteiger partial charge is 0.205 e. The molecular formula is C49H40N2O. The predicted octanol–water partition coefficient (Wildman–Crippen LogP) is 12.6. The topological polar surface area (TPSA) is 37.5 Å². The van der Waals surface area contributed by atoms with E-state index in [2.05, 4.69) is 140 Å². The van der Waals surface area contributed by atoms with Crippen LogP contribution in [0.1, 0.15) is 90.9 Å². The Balaban J connectivity index is 1.03. The van der Waals surface area contributed by atoms with Crippen molar-refractivity contribution in [1.29, 1.82) is 0 Å². The Hall–Kier alpha value is -5.67. The highest BCUT2D eigenvalue weighted by molar-refractivity contribution is 6.11. The molecule has 252 valence electrons. The number of para-hydroxylation sites is 1. The number of hydrogen-bond acceptors (Lipinski definition) is 3. The van der Waals surface area contributed by atoms with E-state index in [1.54, 1.807) is 5.56 Å². The number of furan rings is 1. The lowest BCUT2D eigenvalue weighted by Crippen LogP contribution is -2.28. The van der Waals surface area contributed by atoms with Gasteiger partial charge in [0, 0.05) is 21.8 Å². The van der Waals surface area contributed by atoms with Crippen molar-refractivity contribution < 1.29 is 4.42 Å². The molecule has 6 aromatic carbocycles. The van der Waals surface area contributed by atoms with Gasteiger partial charge in [-0.05, 0) is 92.2 Å². The van der Waals surface area contributed by atoms with Crippen molar-refractivity contribution >= 4 is 22.7 Å². The first kappa shape index (κ1) is 30.0. The molecule has 1 spiro atoms. The average molecular weight is 673 g/mol.